The van der Waals surface area contributed by atoms with Crippen molar-refractivity contribution in [3.05, 3.63) is 41.4 Å². The SMILES string of the molecule is CC1CCC(N2C(=O)[C@@H]3[C@H](C(=O)Nc4ccc(Cl)cc4)[C@@H]4C=C[C@@]3(O4)[C@@H]2C(=O)N[C@@H]2CCC[C@@H](C)[C@@H]2C)CC1. The molecule has 8 heteroatoms. The van der Waals surface area contributed by atoms with Crippen LogP contribution in [0.4, 0.5) is 5.69 Å². The van der Waals surface area contributed by atoms with Gasteiger partial charge in [0, 0.05) is 22.8 Å². The molecule has 7 nitrogen and oxygen atoms in total. The predicted octanol–water partition coefficient (Wildman–Crippen LogP) is 4.95. The van der Waals surface area contributed by atoms with E-state index >= 15 is 0 Å². The van der Waals surface area contributed by atoms with Gasteiger partial charge < -0.3 is 20.3 Å². The van der Waals surface area contributed by atoms with E-state index in [9.17, 15) is 14.4 Å². The minimum absolute atomic E-state index is 0.0249. The van der Waals surface area contributed by atoms with Crippen LogP contribution in [-0.4, -0.2) is 52.5 Å². The summed E-state index contributed by atoms with van der Waals surface area (Å²) in [7, 11) is 0. The second kappa shape index (κ2) is 10.2. The lowest BCUT2D eigenvalue weighted by Gasteiger charge is -2.41. The average molecular weight is 554 g/mol. The molecule has 5 aliphatic rings. The van der Waals surface area contributed by atoms with Crippen LogP contribution in [0.3, 0.4) is 0 Å². The van der Waals surface area contributed by atoms with Crippen LogP contribution in [0.25, 0.3) is 0 Å². The molecule has 1 aromatic rings. The first-order chi connectivity index (χ1) is 18.7. The third-order valence-electron chi connectivity index (χ3n) is 10.4. The van der Waals surface area contributed by atoms with Crippen LogP contribution < -0.4 is 10.6 Å². The van der Waals surface area contributed by atoms with E-state index in [1.54, 1.807) is 24.3 Å². The summed E-state index contributed by atoms with van der Waals surface area (Å²) in [5.74, 6) is -0.435. The molecule has 2 saturated heterocycles. The Balaban J connectivity index is 1.31. The fraction of sp³-hybridized carbons (Fsp3) is 0.645. The molecule has 0 unspecified atom stereocenters. The van der Waals surface area contributed by atoms with Gasteiger partial charge in [-0.1, -0.05) is 57.4 Å². The van der Waals surface area contributed by atoms with E-state index in [-0.39, 0.29) is 29.8 Å². The second-order valence-corrected chi connectivity index (χ2v) is 13.2. The highest BCUT2D eigenvalue weighted by Crippen LogP contribution is 2.56. The van der Waals surface area contributed by atoms with E-state index in [1.165, 1.54) is 6.42 Å². The molecule has 0 aromatic heterocycles. The monoisotopic (exact) mass is 553 g/mol. The van der Waals surface area contributed by atoms with E-state index in [4.69, 9.17) is 16.3 Å². The molecule has 3 aliphatic heterocycles. The van der Waals surface area contributed by atoms with E-state index in [2.05, 4.69) is 31.4 Å². The minimum Gasteiger partial charge on any atom is -0.359 e. The first-order valence-corrected chi connectivity index (χ1v) is 15.1. The van der Waals surface area contributed by atoms with Crippen LogP contribution in [-0.2, 0) is 19.1 Å². The Hall–Kier alpha value is -2.38. The number of hydrogen-bond acceptors (Lipinski definition) is 4. The fourth-order valence-corrected chi connectivity index (χ4v) is 8.05. The van der Waals surface area contributed by atoms with Crippen LogP contribution >= 0.6 is 11.6 Å². The van der Waals surface area contributed by atoms with Crippen LogP contribution in [0.15, 0.2) is 36.4 Å². The third kappa shape index (κ3) is 4.50. The summed E-state index contributed by atoms with van der Waals surface area (Å²) in [6, 6.07) is 6.21. The Kier molecular flexibility index (Phi) is 7.03. The molecule has 3 heterocycles. The predicted molar refractivity (Wildman–Crippen MR) is 150 cm³/mol. The van der Waals surface area contributed by atoms with Gasteiger partial charge in [-0.25, -0.2) is 0 Å². The van der Waals surface area contributed by atoms with Crippen molar-refractivity contribution in [2.45, 2.75) is 95.5 Å². The summed E-state index contributed by atoms with van der Waals surface area (Å²) in [4.78, 5) is 44.0. The molecular formula is C31H40ClN3O4. The van der Waals surface area contributed by atoms with Crippen molar-refractivity contribution in [1.29, 1.82) is 0 Å². The number of benzene rings is 1. The molecule has 2 bridgehead atoms. The number of carbonyl (C=O) groups is 3. The van der Waals surface area contributed by atoms with Crippen LogP contribution in [0.5, 0.6) is 0 Å². The lowest BCUT2D eigenvalue weighted by atomic mass is 9.73. The quantitative estimate of drug-likeness (QED) is 0.505. The molecule has 6 rings (SSSR count). The van der Waals surface area contributed by atoms with Crippen LogP contribution in [0, 0.1) is 29.6 Å². The number of carbonyl (C=O) groups excluding carboxylic acids is 3. The van der Waals surface area contributed by atoms with Crippen molar-refractivity contribution in [1.82, 2.24) is 10.2 Å². The van der Waals surface area contributed by atoms with Crippen molar-refractivity contribution >= 4 is 35.0 Å². The summed E-state index contributed by atoms with van der Waals surface area (Å²) in [5, 5.41) is 6.90. The molecule has 4 fully saturated rings. The molecule has 2 aliphatic carbocycles. The number of halogens is 1. The van der Waals surface area contributed by atoms with E-state index < -0.39 is 29.6 Å². The van der Waals surface area contributed by atoms with Gasteiger partial charge in [-0.2, -0.15) is 0 Å². The van der Waals surface area contributed by atoms with Gasteiger partial charge in [0.25, 0.3) is 0 Å². The summed E-state index contributed by atoms with van der Waals surface area (Å²) >= 11 is 6.02. The number of nitrogens with zero attached hydrogens (tertiary/aromatic N) is 1. The molecule has 8 atom stereocenters. The Morgan fingerprint density at radius 3 is 2.44 bits per heavy atom. The van der Waals surface area contributed by atoms with Crippen molar-refractivity contribution in [2.24, 2.45) is 29.6 Å². The number of anilines is 1. The third-order valence-corrected chi connectivity index (χ3v) is 10.6. The summed E-state index contributed by atoms with van der Waals surface area (Å²) < 4.78 is 6.54. The van der Waals surface area contributed by atoms with Gasteiger partial charge in [0.15, 0.2) is 0 Å². The van der Waals surface area contributed by atoms with Crippen molar-refractivity contribution in [3.63, 3.8) is 0 Å². The first-order valence-electron chi connectivity index (χ1n) is 14.8. The number of ether oxygens (including phenoxy) is 1. The van der Waals surface area contributed by atoms with Gasteiger partial charge in [-0.05, 0) is 74.1 Å². The lowest BCUT2D eigenvalue weighted by molar-refractivity contribution is -0.145. The second-order valence-electron chi connectivity index (χ2n) is 12.7. The summed E-state index contributed by atoms with van der Waals surface area (Å²) in [6.45, 7) is 6.71. The fourth-order valence-electron chi connectivity index (χ4n) is 7.93. The highest BCUT2D eigenvalue weighted by molar-refractivity contribution is 6.30. The largest absolute Gasteiger partial charge is 0.359 e. The average Bonchev–Trinajstić information content (AvgIpc) is 3.56. The lowest BCUT2D eigenvalue weighted by Crippen LogP contribution is -2.59. The van der Waals surface area contributed by atoms with Gasteiger partial charge in [-0.15, -0.1) is 0 Å². The van der Waals surface area contributed by atoms with E-state index in [0.29, 0.717) is 28.5 Å². The molecule has 2 saturated carbocycles. The van der Waals surface area contributed by atoms with Gasteiger partial charge in [0.2, 0.25) is 17.7 Å². The smallest absolute Gasteiger partial charge is 0.246 e. The Morgan fingerprint density at radius 1 is 1.00 bits per heavy atom. The molecule has 210 valence electrons. The summed E-state index contributed by atoms with van der Waals surface area (Å²) in [5.41, 5.74) is -0.510. The van der Waals surface area contributed by atoms with Crippen molar-refractivity contribution < 1.29 is 19.1 Å². The molecule has 1 aromatic carbocycles. The molecule has 3 amide bonds. The Labute approximate surface area is 236 Å². The van der Waals surface area contributed by atoms with Crippen molar-refractivity contribution in [3.8, 4) is 0 Å². The summed E-state index contributed by atoms with van der Waals surface area (Å²) in [6.07, 6.45) is 10.2. The first kappa shape index (κ1) is 26.8. The molecule has 39 heavy (non-hydrogen) atoms. The molecule has 2 N–H and O–H groups in total. The van der Waals surface area contributed by atoms with Gasteiger partial charge in [0.1, 0.15) is 11.6 Å². The maximum Gasteiger partial charge on any atom is 0.246 e. The maximum absolute atomic E-state index is 14.3. The van der Waals surface area contributed by atoms with Gasteiger partial charge in [0.05, 0.1) is 17.9 Å². The molecule has 1 spiro atoms. The number of fused-ring (bicyclic) bond motifs is 1. The number of amides is 3. The number of nitrogens with one attached hydrogen (secondary N) is 2. The standard InChI is InChI=1S/C31H40ClN3O4/c1-17-7-13-22(14-8-17)35-27(29(37)34-23-6-4-5-18(2)19(23)3)31-16-15-24(39-31)25(26(31)30(35)38)28(36)33-21-11-9-20(32)10-12-21/h9-12,15-19,22-27H,4-8,13-14H2,1-3H3,(H,33,36)(H,34,37)/t17?,18-,19+,22?,23-,24+,25-,26+,27+,31+/m1/s1. The zero-order valence-electron chi connectivity index (χ0n) is 23.1. The van der Waals surface area contributed by atoms with Gasteiger partial charge >= 0.3 is 0 Å². The Morgan fingerprint density at radius 2 is 1.72 bits per heavy atom. The van der Waals surface area contributed by atoms with E-state index in [0.717, 1.165) is 38.5 Å². The zero-order valence-corrected chi connectivity index (χ0v) is 23.8. The Bertz CT molecular complexity index is 1160. The number of rotatable bonds is 5. The van der Waals surface area contributed by atoms with Crippen LogP contribution in [0.1, 0.15) is 65.7 Å². The number of likely N-dealkylation sites (tertiary alicyclic amines) is 1. The molecular weight excluding hydrogens is 514 g/mol. The van der Waals surface area contributed by atoms with Crippen LogP contribution in [0.2, 0.25) is 5.02 Å². The topological polar surface area (TPSA) is 87.7 Å². The zero-order chi connectivity index (χ0) is 27.5. The normalized spacial score (nSPS) is 41.0. The highest BCUT2D eigenvalue weighted by Gasteiger charge is 2.73. The number of hydrogen-bond donors (Lipinski definition) is 2. The highest BCUT2D eigenvalue weighted by atomic mass is 35.5. The molecule has 0 radical (unpaired) electrons. The van der Waals surface area contributed by atoms with Gasteiger partial charge in [-0.3, -0.25) is 14.4 Å². The minimum atomic E-state index is -1.12. The van der Waals surface area contributed by atoms with Crippen molar-refractivity contribution in [2.75, 3.05) is 5.32 Å². The van der Waals surface area contributed by atoms with E-state index in [1.807, 2.05) is 17.1 Å². The maximum atomic E-state index is 14.3.